The standard InChI is InChI=1S/C9HF16NO4/c10-2(1(27)28,3(11,12)13)29-7(20,21)4(14,15)26-5(16,17)8(22,23)30-9(24,25)6(26,18)19/h(H,27,28). The zero-order valence-corrected chi connectivity index (χ0v) is 12.7. The molecule has 30 heavy (non-hydrogen) atoms. The fraction of sp³-hybridized carbons (Fsp3) is 0.889. The van der Waals surface area contributed by atoms with Crippen LogP contribution in [0.3, 0.4) is 0 Å². The van der Waals surface area contributed by atoms with Gasteiger partial charge in [0.25, 0.3) is 0 Å². The van der Waals surface area contributed by atoms with Gasteiger partial charge in [-0.15, -0.1) is 0 Å². The van der Waals surface area contributed by atoms with E-state index in [1.165, 1.54) is 0 Å². The van der Waals surface area contributed by atoms with E-state index in [0.29, 0.717) is 0 Å². The van der Waals surface area contributed by atoms with E-state index in [1.807, 2.05) is 0 Å². The van der Waals surface area contributed by atoms with Gasteiger partial charge in [-0.2, -0.15) is 70.2 Å². The van der Waals surface area contributed by atoms with E-state index in [0.717, 1.165) is 0 Å². The van der Waals surface area contributed by atoms with Crippen LogP contribution >= 0.6 is 0 Å². The third-order valence-electron chi connectivity index (χ3n) is 3.06. The molecular formula is C9HF16NO4. The monoisotopic (exact) mass is 491 g/mol. The van der Waals surface area contributed by atoms with Gasteiger partial charge in [0.2, 0.25) is 0 Å². The van der Waals surface area contributed by atoms with Crippen molar-refractivity contribution in [3.05, 3.63) is 0 Å². The number of morpholine rings is 1. The number of carbonyl (C=O) groups is 1. The van der Waals surface area contributed by atoms with Gasteiger partial charge in [-0.3, -0.25) is 4.74 Å². The Balaban J connectivity index is 3.71. The topological polar surface area (TPSA) is 59.0 Å². The second kappa shape index (κ2) is 6.37. The summed E-state index contributed by atoms with van der Waals surface area (Å²) < 4.78 is 212. The Kier molecular flexibility index (Phi) is 5.58. The minimum Gasteiger partial charge on any atom is -0.477 e. The summed E-state index contributed by atoms with van der Waals surface area (Å²) in [5.41, 5.74) is 0. The minimum atomic E-state index is -8.06. The summed E-state index contributed by atoms with van der Waals surface area (Å²) >= 11 is 0. The second-order valence-corrected chi connectivity index (χ2v) is 5.11. The number of halogens is 16. The van der Waals surface area contributed by atoms with Gasteiger partial charge in [0.05, 0.1) is 0 Å². The molecule has 178 valence electrons. The Morgan fingerprint density at radius 2 is 1.10 bits per heavy atom. The van der Waals surface area contributed by atoms with Crippen molar-refractivity contribution in [3.8, 4) is 0 Å². The smallest absolute Gasteiger partial charge is 0.460 e. The van der Waals surface area contributed by atoms with Gasteiger partial charge in [-0.25, -0.2) is 9.53 Å². The Morgan fingerprint density at radius 1 is 0.767 bits per heavy atom. The maximum Gasteiger partial charge on any atom is 0.460 e. The van der Waals surface area contributed by atoms with Crippen LogP contribution in [0, 0.1) is 0 Å². The molecule has 1 atom stereocenters. The molecule has 1 unspecified atom stereocenters. The molecule has 0 bridgehead atoms. The molecule has 0 aromatic rings. The summed E-state index contributed by atoms with van der Waals surface area (Å²) in [6, 6.07) is -23.2. The van der Waals surface area contributed by atoms with Crippen LogP contribution in [0.5, 0.6) is 0 Å². The maximum absolute atomic E-state index is 13.6. The first kappa shape index (κ1) is 26.3. The van der Waals surface area contributed by atoms with Gasteiger partial charge in [0, 0.05) is 0 Å². The zero-order chi connectivity index (χ0) is 24.6. The van der Waals surface area contributed by atoms with Crippen molar-refractivity contribution in [1.82, 2.24) is 4.90 Å². The molecule has 1 fully saturated rings. The van der Waals surface area contributed by atoms with Gasteiger partial charge in [0.15, 0.2) is 0 Å². The lowest BCUT2D eigenvalue weighted by atomic mass is 10.2. The molecule has 0 aliphatic carbocycles. The normalized spacial score (nSPS) is 26.1. The number of ether oxygens (including phenoxy) is 2. The van der Waals surface area contributed by atoms with Crippen LogP contribution in [0.4, 0.5) is 70.2 Å². The summed E-state index contributed by atoms with van der Waals surface area (Å²) in [6.07, 6.45) is -29.3. The van der Waals surface area contributed by atoms with Crippen molar-refractivity contribution < 1.29 is 89.6 Å². The quantitative estimate of drug-likeness (QED) is 0.462. The van der Waals surface area contributed by atoms with Gasteiger partial charge in [0.1, 0.15) is 0 Å². The zero-order valence-electron chi connectivity index (χ0n) is 12.7. The van der Waals surface area contributed by atoms with Gasteiger partial charge < -0.3 is 5.11 Å². The summed E-state index contributed by atoms with van der Waals surface area (Å²) in [4.78, 5) is 5.86. The molecule has 5 nitrogen and oxygen atoms in total. The molecular weight excluding hydrogens is 490 g/mol. The number of aliphatic carboxylic acids is 1. The highest BCUT2D eigenvalue weighted by molar-refractivity contribution is 5.76. The van der Waals surface area contributed by atoms with Gasteiger partial charge in [-0.1, -0.05) is 4.90 Å². The first-order valence-corrected chi connectivity index (χ1v) is 6.19. The third-order valence-corrected chi connectivity index (χ3v) is 3.06. The molecule has 1 aliphatic rings. The largest absolute Gasteiger partial charge is 0.477 e. The van der Waals surface area contributed by atoms with E-state index < -0.39 is 59.4 Å². The highest BCUT2D eigenvalue weighted by Gasteiger charge is 2.91. The van der Waals surface area contributed by atoms with E-state index in [1.54, 1.807) is 9.47 Å². The lowest BCUT2D eigenvalue weighted by molar-refractivity contribution is -0.604. The van der Waals surface area contributed by atoms with E-state index in [-0.39, 0.29) is 0 Å². The number of hydrogen-bond donors (Lipinski definition) is 1. The van der Waals surface area contributed by atoms with Crippen molar-refractivity contribution in [2.45, 2.75) is 48.5 Å². The van der Waals surface area contributed by atoms with Crippen LogP contribution < -0.4 is 0 Å². The molecule has 1 aliphatic heterocycles. The predicted molar refractivity (Wildman–Crippen MR) is 51.2 cm³/mol. The van der Waals surface area contributed by atoms with E-state index in [9.17, 15) is 75.0 Å². The molecule has 0 amide bonds. The van der Waals surface area contributed by atoms with Crippen LogP contribution in [-0.4, -0.2) is 64.5 Å². The summed E-state index contributed by atoms with van der Waals surface area (Å²) in [6.45, 7) is 0. The van der Waals surface area contributed by atoms with Crippen molar-refractivity contribution in [2.24, 2.45) is 0 Å². The third kappa shape index (κ3) is 3.39. The lowest BCUT2D eigenvalue weighted by Gasteiger charge is -2.50. The second-order valence-electron chi connectivity index (χ2n) is 5.11. The SMILES string of the molecule is O=C(O)C(F)(OC(F)(F)C(F)(F)N1C(F)(F)C(F)(F)OC(F)(F)C1(F)F)C(F)(F)F. The summed E-state index contributed by atoms with van der Waals surface area (Å²) in [7, 11) is 0. The molecule has 0 aromatic carbocycles. The molecule has 1 saturated heterocycles. The summed E-state index contributed by atoms with van der Waals surface area (Å²) in [5.74, 6) is -11.2. The highest BCUT2D eigenvalue weighted by Crippen LogP contribution is 2.61. The van der Waals surface area contributed by atoms with E-state index in [2.05, 4.69) is 0 Å². The summed E-state index contributed by atoms with van der Waals surface area (Å²) in [5, 5.41) is 7.91. The van der Waals surface area contributed by atoms with Crippen LogP contribution in [0.15, 0.2) is 0 Å². The Morgan fingerprint density at radius 3 is 1.37 bits per heavy atom. The van der Waals surface area contributed by atoms with Crippen molar-refractivity contribution in [2.75, 3.05) is 0 Å². The molecule has 1 N–H and O–H groups in total. The van der Waals surface area contributed by atoms with Crippen molar-refractivity contribution in [3.63, 3.8) is 0 Å². The molecule has 0 radical (unpaired) electrons. The molecule has 0 spiro atoms. The van der Waals surface area contributed by atoms with Crippen LogP contribution in [-0.2, 0) is 14.3 Å². The Labute approximate surface area is 150 Å². The number of alkyl halides is 16. The number of carboxylic acids is 1. The van der Waals surface area contributed by atoms with Crippen molar-refractivity contribution in [1.29, 1.82) is 0 Å². The van der Waals surface area contributed by atoms with E-state index >= 15 is 0 Å². The number of rotatable bonds is 5. The average Bonchev–Trinajstić information content (AvgIpc) is 2.41. The fourth-order valence-electron chi connectivity index (χ4n) is 1.66. The van der Waals surface area contributed by atoms with Gasteiger partial charge >= 0.3 is 54.5 Å². The number of hydrogen-bond acceptors (Lipinski definition) is 4. The highest BCUT2D eigenvalue weighted by atomic mass is 19.4. The van der Waals surface area contributed by atoms with Gasteiger partial charge in [-0.05, 0) is 0 Å². The minimum absolute atomic E-state index is 1.58. The number of carboxylic acid groups (broad SMARTS) is 1. The van der Waals surface area contributed by atoms with Crippen LogP contribution in [0.25, 0.3) is 0 Å². The lowest BCUT2D eigenvalue weighted by Crippen LogP contribution is -2.80. The van der Waals surface area contributed by atoms with Crippen LogP contribution in [0.1, 0.15) is 0 Å². The molecule has 1 rings (SSSR count). The fourth-order valence-corrected chi connectivity index (χ4v) is 1.66. The molecule has 0 saturated carbocycles. The Hall–Kier alpha value is -1.77. The maximum atomic E-state index is 13.6. The number of nitrogens with zero attached hydrogens (tertiary/aromatic N) is 1. The first-order chi connectivity index (χ1) is 12.7. The Bertz CT molecular complexity index is 677. The predicted octanol–water partition coefficient (Wildman–Crippen LogP) is 4.20. The van der Waals surface area contributed by atoms with Crippen LogP contribution in [0.2, 0.25) is 0 Å². The average molecular weight is 491 g/mol. The molecule has 0 aromatic heterocycles. The first-order valence-electron chi connectivity index (χ1n) is 6.19. The molecule has 21 heteroatoms. The van der Waals surface area contributed by atoms with E-state index in [4.69, 9.17) is 5.11 Å². The molecule has 1 heterocycles. The van der Waals surface area contributed by atoms with Crippen molar-refractivity contribution >= 4 is 5.97 Å².